The van der Waals surface area contributed by atoms with E-state index in [2.05, 4.69) is 0 Å². The zero-order valence-corrected chi connectivity index (χ0v) is 9.93. The molecular formula is C12H16O2S. The van der Waals surface area contributed by atoms with Gasteiger partial charge < -0.3 is 9.84 Å². The van der Waals surface area contributed by atoms with Gasteiger partial charge in [0.15, 0.2) is 0 Å². The van der Waals surface area contributed by atoms with Crippen LogP contribution in [0.5, 0.6) is 5.75 Å². The third kappa shape index (κ3) is 1.99. The molecule has 0 saturated carbocycles. The van der Waals surface area contributed by atoms with E-state index in [4.69, 9.17) is 4.74 Å². The van der Waals surface area contributed by atoms with E-state index in [1.54, 1.807) is 7.11 Å². The van der Waals surface area contributed by atoms with E-state index in [1.807, 2.05) is 36.9 Å². The predicted octanol–water partition coefficient (Wildman–Crippen LogP) is 2.33. The summed E-state index contributed by atoms with van der Waals surface area (Å²) in [5.74, 6) is 2.70. The molecule has 0 spiro atoms. The van der Waals surface area contributed by atoms with Gasteiger partial charge in [0, 0.05) is 5.75 Å². The third-order valence-electron chi connectivity index (χ3n) is 2.94. The second-order valence-corrected chi connectivity index (χ2v) is 5.12. The fourth-order valence-electron chi connectivity index (χ4n) is 2.05. The Morgan fingerprint density at radius 2 is 2.27 bits per heavy atom. The summed E-state index contributed by atoms with van der Waals surface area (Å²) in [4.78, 5) is 0. The minimum Gasteiger partial charge on any atom is -0.497 e. The summed E-state index contributed by atoms with van der Waals surface area (Å²) >= 11 is 1.81. The molecule has 82 valence electrons. The lowest BCUT2D eigenvalue weighted by Crippen LogP contribution is -2.25. The quantitative estimate of drug-likeness (QED) is 0.836. The molecule has 1 saturated heterocycles. The lowest BCUT2D eigenvalue weighted by molar-refractivity contribution is 0.0651. The Bertz CT molecular complexity index is 357. The Balaban J connectivity index is 2.36. The van der Waals surface area contributed by atoms with Crippen molar-refractivity contribution >= 4 is 11.8 Å². The summed E-state index contributed by atoms with van der Waals surface area (Å²) in [6.45, 7) is 2.03. The SMILES string of the molecule is COc1ccc(C2(O)CCSC2)c(C)c1. The first-order valence-corrected chi connectivity index (χ1v) is 6.26. The lowest BCUT2D eigenvalue weighted by atomic mass is 9.90. The highest BCUT2D eigenvalue weighted by atomic mass is 32.2. The average molecular weight is 224 g/mol. The highest BCUT2D eigenvalue weighted by Gasteiger charge is 2.34. The second kappa shape index (κ2) is 4.06. The highest BCUT2D eigenvalue weighted by molar-refractivity contribution is 7.99. The molecule has 1 heterocycles. The average Bonchev–Trinajstić information content (AvgIpc) is 2.65. The molecule has 1 fully saturated rings. The van der Waals surface area contributed by atoms with E-state index in [0.29, 0.717) is 0 Å². The number of hydrogen-bond acceptors (Lipinski definition) is 3. The molecule has 2 nitrogen and oxygen atoms in total. The molecule has 15 heavy (non-hydrogen) atoms. The van der Waals surface area contributed by atoms with Crippen LogP contribution in [0.3, 0.4) is 0 Å². The molecule has 0 bridgehead atoms. The second-order valence-electron chi connectivity index (χ2n) is 4.02. The number of benzene rings is 1. The van der Waals surface area contributed by atoms with Crippen molar-refractivity contribution in [2.24, 2.45) is 0 Å². The molecule has 1 atom stereocenters. The number of aryl methyl sites for hydroxylation is 1. The molecule has 2 rings (SSSR count). The fourth-order valence-corrected chi connectivity index (χ4v) is 3.32. The van der Waals surface area contributed by atoms with Crippen molar-refractivity contribution in [1.82, 2.24) is 0 Å². The third-order valence-corrected chi connectivity index (χ3v) is 4.11. The van der Waals surface area contributed by atoms with Crippen LogP contribution in [0.25, 0.3) is 0 Å². The molecule has 0 amide bonds. The molecule has 0 aromatic heterocycles. The number of hydrogen-bond donors (Lipinski definition) is 1. The van der Waals surface area contributed by atoms with E-state index in [9.17, 15) is 5.11 Å². The molecular weight excluding hydrogens is 208 g/mol. The van der Waals surface area contributed by atoms with Crippen LogP contribution in [-0.4, -0.2) is 23.7 Å². The number of ether oxygens (including phenoxy) is 1. The van der Waals surface area contributed by atoms with Crippen molar-refractivity contribution in [3.63, 3.8) is 0 Å². The Kier molecular flexibility index (Phi) is 2.94. The van der Waals surface area contributed by atoms with Crippen LogP contribution in [0.1, 0.15) is 17.5 Å². The monoisotopic (exact) mass is 224 g/mol. The molecule has 0 radical (unpaired) electrons. The van der Waals surface area contributed by atoms with Crippen LogP contribution in [0.15, 0.2) is 18.2 Å². The fraction of sp³-hybridized carbons (Fsp3) is 0.500. The van der Waals surface area contributed by atoms with Gasteiger partial charge in [-0.25, -0.2) is 0 Å². The number of methoxy groups -OCH3 is 1. The molecule has 3 heteroatoms. The summed E-state index contributed by atoms with van der Waals surface area (Å²) in [5.41, 5.74) is 1.54. The zero-order valence-electron chi connectivity index (χ0n) is 9.12. The van der Waals surface area contributed by atoms with Gasteiger partial charge >= 0.3 is 0 Å². The van der Waals surface area contributed by atoms with Crippen molar-refractivity contribution in [2.45, 2.75) is 18.9 Å². The largest absolute Gasteiger partial charge is 0.497 e. The van der Waals surface area contributed by atoms with Crippen LogP contribution in [0, 0.1) is 6.92 Å². The van der Waals surface area contributed by atoms with Crippen LogP contribution in [-0.2, 0) is 5.60 Å². The van der Waals surface area contributed by atoms with Crippen LogP contribution in [0.4, 0.5) is 0 Å². The van der Waals surface area contributed by atoms with Gasteiger partial charge in [0.05, 0.1) is 12.7 Å². The first-order chi connectivity index (χ1) is 7.15. The van der Waals surface area contributed by atoms with Crippen molar-refractivity contribution in [3.05, 3.63) is 29.3 Å². The number of rotatable bonds is 2. The number of thioether (sulfide) groups is 1. The van der Waals surface area contributed by atoms with E-state index in [0.717, 1.165) is 34.8 Å². The summed E-state index contributed by atoms with van der Waals surface area (Å²) < 4.78 is 5.16. The minimum absolute atomic E-state index is 0.624. The predicted molar refractivity (Wildman–Crippen MR) is 63.6 cm³/mol. The Hall–Kier alpha value is -0.670. The van der Waals surface area contributed by atoms with Gasteiger partial charge in [-0.1, -0.05) is 6.07 Å². The molecule has 1 aromatic carbocycles. The molecule has 1 aliphatic heterocycles. The Morgan fingerprint density at radius 3 is 2.80 bits per heavy atom. The topological polar surface area (TPSA) is 29.5 Å². The summed E-state index contributed by atoms with van der Waals surface area (Å²) in [7, 11) is 1.66. The summed E-state index contributed by atoms with van der Waals surface area (Å²) in [6.07, 6.45) is 0.852. The molecule has 1 aromatic rings. The maximum Gasteiger partial charge on any atom is 0.119 e. The van der Waals surface area contributed by atoms with Gasteiger partial charge in [-0.05, 0) is 42.4 Å². The van der Waals surface area contributed by atoms with Gasteiger partial charge in [0.2, 0.25) is 0 Å². The lowest BCUT2D eigenvalue weighted by Gasteiger charge is -2.24. The normalized spacial score (nSPS) is 25.5. The summed E-state index contributed by atoms with van der Waals surface area (Å²) in [6, 6.07) is 5.89. The molecule has 1 unspecified atom stereocenters. The standard InChI is InChI=1S/C12H16O2S/c1-9-7-10(14-2)3-4-11(9)12(13)5-6-15-8-12/h3-4,7,13H,5-6,8H2,1-2H3. The smallest absolute Gasteiger partial charge is 0.119 e. The maximum absolute atomic E-state index is 10.4. The molecule has 0 aliphatic carbocycles. The van der Waals surface area contributed by atoms with E-state index >= 15 is 0 Å². The van der Waals surface area contributed by atoms with Gasteiger partial charge in [0.25, 0.3) is 0 Å². The molecule has 1 aliphatic rings. The first-order valence-electron chi connectivity index (χ1n) is 5.11. The van der Waals surface area contributed by atoms with Crippen molar-refractivity contribution in [3.8, 4) is 5.75 Å². The van der Waals surface area contributed by atoms with Crippen LogP contribution < -0.4 is 4.74 Å². The Labute approximate surface area is 94.6 Å². The van der Waals surface area contributed by atoms with Crippen molar-refractivity contribution in [2.75, 3.05) is 18.6 Å². The number of aliphatic hydroxyl groups is 1. The van der Waals surface area contributed by atoms with E-state index in [-0.39, 0.29) is 0 Å². The van der Waals surface area contributed by atoms with Crippen LogP contribution >= 0.6 is 11.8 Å². The minimum atomic E-state index is -0.624. The van der Waals surface area contributed by atoms with Crippen molar-refractivity contribution < 1.29 is 9.84 Å². The molecule has 1 N–H and O–H groups in total. The van der Waals surface area contributed by atoms with E-state index in [1.165, 1.54) is 0 Å². The Morgan fingerprint density at radius 1 is 1.47 bits per heavy atom. The van der Waals surface area contributed by atoms with Crippen molar-refractivity contribution in [1.29, 1.82) is 0 Å². The van der Waals surface area contributed by atoms with Gasteiger partial charge in [0.1, 0.15) is 5.75 Å². The maximum atomic E-state index is 10.4. The van der Waals surface area contributed by atoms with Crippen LogP contribution in [0.2, 0.25) is 0 Å². The van der Waals surface area contributed by atoms with E-state index < -0.39 is 5.60 Å². The van der Waals surface area contributed by atoms with Gasteiger partial charge in [-0.3, -0.25) is 0 Å². The first kappa shape index (κ1) is 10.8. The highest BCUT2D eigenvalue weighted by Crippen LogP contribution is 2.38. The van der Waals surface area contributed by atoms with Gasteiger partial charge in [-0.15, -0.1) is 0 Å². The zero-order chi connectivity index (χ0) is 10.9. The summed E-state index contributed by atoms with van der Waals surface area (Å²) in [5, 5.41) is 10.4. The van der Waals surface area contributed by atoms with Gasteiger partial charge in [-0.2, -0.15) is 11.8 Å².